The lowest BCUT2D eigenvalue weighted by Gasteiger charge is -2.16. The molecule has 2 N–H and O–H groups in total. The minimum atomic E-state index is -0.707. The molecule has 182 valence electrons. The fourth-order valence-corrected chi connectivity index (χ4v) is 4.30. The monoisotopic (exact) mass is 495 g/mol. The molecule has 0 radical (unpaired) electrons. The van der Waals surface area contributed by atoms with Crippen LogP contribution in [0, 0.1) is 0 Å². The third-order valence-electron chi connectivity index (χ3n) is 5.82. The van der Waals surface area contributed by atoms with E-state index in [9.17, 15) is 19.2 Å². The Morgan fingerprint density at radius 2 is 1.69 bits per heavy atom. The summed E-state index contributed by atoms with van der Waals surface area (Å²) in [7, 11) is 0. The molecule has 0 saturated heterocycles. The van der Waals surface area contributed by atoms with Crippen LogP contribution >= 0.6 is 11.6 Å². The van der Waals surface area contributed by atoms with E-state index in [1.54, 1.807) is 44.2 Å². The van der Waals surface area contributed by atoms with Crippen molar-refractivity contribution in [3.05, 3.63) is 70.4 Å². The van der Waals surface area contributed by atoms with Crippen LogP contribution in [0.15, 0.2) is 59.3 Å². The Labute approximate surface area is 208 Å². The molecular formula is C26H26ClN3O5. The highest BCUT2D eigenvalue weighted by Gasteiger charge is 2.39. The van der Waals surface area contributed by atoms with Crippen LogP contribution in [0.2, 0.25) is 0 Å². The molecule has 1 fully saturated rings. The number of ether oxygens (including phenoxy) is 1. The predicted octanol–water partition coefficient (Wildman–Crippen LogP) is 4.36. The third-order valence-corrected chi connectivity index (χ3v) is 6.17. The first-order valence-electron chi connectivity index (χ1n) is 11.5. The van der Waals surface area contributed by atoms with Gasteiger partial charge in [0, 0.05) is 17.3 Å². The molecule has 2 aromatic rings. The molecule has 3 amide bonds. The van der Waals surface area contributed by atoms with Crippen LogP contribution in [0.3, 0.4) is 0 Å². The highest BCUT2D eigenvalue weighted by Crippen LogP contribution is 2.31. The quantitative estimate of drug-likeness (QED) is 0.437. The van der Waals surface area contributed by atoms with Crippen molar-refractivity contribution < 1.29 is 23.9 Å². The van der Waals surface area contributed by atoms with Gasteiger partial charge >= 0.3 is 5.97 Å². The number of carbonyl (C=O) groups excluding carboxylic acids is 4. The number of nitrogens with zero attached hydrogens (tertiary/aromatic N) is 1. The Morgan fingerprint density at radius 3 is 2.34 bits per heavy atom. The summed E-state index contributed by atoms with van der Waals surface area (Å²) in [6.45, 7) is 3.46. The van der Waals surface area contributed by atoms with Crippen molar-refractivity contribution in [2.24, 2.45) is 0 Å². The summed E-state index contributed by atoms with van der Waals surface area (Å²) < 4.78 is 5.19. The van der Waals surface area contributed by atoms with Crippen LogP contribution in [-0.2, 0) is 14.3 Å². The molecule has 1 heterocycles. The van der Waals surface area contributed by atoms with Gasteiger partial charge in [-0.15, -0.1) is 0 Å². The highest BCUT2D eigenvalue weighted by molar-refractivity contribution is 6.53. The van der Waals surface area contributed by atoms with Crippen LogP contribution in [0.5, 0.6) is 0 Å². The minimum absolute atomic E-state index is 0.0880. The molecule has 1 aliphatic heterocycles. The van der Waals surface area contributed by atoms with E-state index in [0.717, 1.165) is 30.6 Å². The molecule has 8 nitrogen and oxygen atoms in total. The maximum atomic E-state index is 13.1. The Kier molecular flexibility index (Phi) is 7.21. The SMILES string of the molecule is CC(C)OC(=O)c1cccc(N2C(=O)C(Cl)=C(Nc3ccc(C(=O)NC4CCCC4)cc3)C2=O)c1. The molecular weight excluding hydrogens is 470 g/mol. The van der Waals surface area contributed by atoms with E-state index >= 15 is 0 Å². The number of carbonyl (C=O) groups is 4. The van der Waals surface area contributed by atoms with Gasteiger partial charge in [0.1, 0.15) is 10.7 Å². The topological polar surface area (TPSA) is 105 Å². The van der Waals surface area contributed by atoms with E-state index < -0.39 is 17.8 Å². The van der Waals surface area contributed by atoms with Gasteiger partial charge in [-0.1, -0.05) is 30.5 Å². The van der Waals surface area contributed by atoms with Crippen molar-refractivity contribution in [1.29, 1.82) is 0 Å². The lowest BCUT2D eigenvalue weighted by molar-refractivity contribution is -0.120. The fourth-order valence-electron chi connectivity index (χ4n) is 4.09. The fraction of sp³-hybridized carbons (Fsp3) is 0.308. The van der Waals surface area contributed by atoms with E-state index in [0.29, 0.717) is 11.3 Å². The summed E-state index contributed by atoms with van der Waals surface area (Å²) in [6.07, 6.45) is 3.92. The lowest BCUT2D eigenvalue weighted by atomic mass is 10.1. The number of nitrogens with one attached hydrogen (secondary N) is 2. The van der Waals surface area contributed by atoms with Crippen molar-refractivity contribution in [2.45, 2.75) is 51.7 Å². The van der Waals surface area contributed by atoms with Gasteiger partial charge in [0.2, 0.25) is 0 Å². The van der Waals surface area contributed by atoms with Crippen LogP contribution < -0.4 is 15.5 Å². The Bertz CT molecular complexity index is 1200. The van der Waals surface area contributed by atoms with Crippen molar-refractivity contribution in [1.82, 2.24) is 5.32 Å². The zero-order valence-electron chi connectivity index (χ0n) is 19.5. The first-order chi connectivity index (χ1) is 16.7. The van der Waals surface area contributed by atoms with Crippen LogP contribution in [-0.4, -0.2) is 35.8 Å². The van der Waals surface area contributed by atoms with Crippen LogP contribution in [0.25, 0.3) is 0 Å². The minimum Gasteiger partial charge on any atom is -0.459 e. The van der Waals surface area contributed by atoms with Gasteiger partial charge < -0.3 is 15.4 Å². The van der Waals surface area contributed by atoms with E-state index in [-0.39, 0.29) is 40.0 Å². The van der Waals surface area contributed by atoms with Gasteiger partial charge in [-0.25, -0.2) is 9.69 Å². The Morgan fingerprint density at radius 1 is 1.00 bits per heavy atom. The molecule has 0 aromatic heterocycles. The van der Waals surface area contributed by atoms with Gasteiger partial charge in [0.05, 0.1) is 17.4 Å². The first-order valence-corrected chi connectivity index (χ1v) is 11.9. The number of benzene rings is 2. The van der Waals surface area contributed by atoms with Crippen molar-refractivity contribution in [2.75, 3.05) is 10.2 Å². The highest BCUT2D eigenvalue weighted by atomic mass is 35.5. The van der Waals surface area contributed by atoms with Crippen LogP contribution in [0.4, 0.5) is 11.4 Å². The maximum absolute atomic E-state index is 13.1. The van der Waals surface area contributed by atoms with Gasteiger partial charge in [-0.05, 0) is 69.2 Å². The maximum Gasteiger partial charge on any atom is 0.338 e. The number of esters is 1. The largest absolute Gasteiger partial charge is 0.459 e. The number of halogens is 1. The molecule has 0 atom stereocenters. The molecule has 2 aromatic carbocycles. The molecule has 2 aliphatic rings. The number of rotatable bonds is 7. The Hall–Kier alpha value is -3.65. The second-order valence-corrected chi connectivity index (χ2v) is 9.17. The molecule has 0 spiro atoms. The van der Waals surface area contributed by atoms with Gasteiger partial charge in [-0.2, -0.15) is 0 Å². The van der Waals surface area contributed by atoms with Crippen molar-refractivity contribution in [3.63, 3.8) is 0 Å². The zero-order valence-corrected chi connectivity index (χ0v) is 20.2. The summed E-state index contributed by atoms with van der Waals surface area (Å²) in [4.78, 5) is 51.4. The average Bonchev–Trinajstić information content (AvgIpc) is 3.41. The first kappa shape index (κ1) is 24.5. The second-order valence-electron chi connectivity index (χ2n) is 8.80. The average molecular weight is 496 g/mol. The molecule has 9 heteroatoms. The standard InChI is InChI=1S/C26H26ClN3O5/c1-15(2)35-26(34)17-6-5-9-20(14-17)30-24(32)21(27)22(25(30)33)28-19-12-10-16(11-13-19)23(31)29-18-7-3-4-8-18/h5-6,9-15,18,28H,3-4,7-8H2,1-2H3,(H,29,31). The van der Waals surface area contributed by atoms with Crippen molar-refractivity contribution >= 4 is 46.7 Å². The normalized spacial score (nSPS) is 16.3. The molecule has 0 unspecified atom stereocenters. The number of hydrogen-bond acceptors (Lipinski definition) is 6. The molecule has 35 heavy (non-hydrogen) atoms. The predicted molar refractivity (Wildman–Crippen MR) is 132 cm³/mol. The molecule has 4 rings (SSSR count). The van der Waals surface area contributed by atoms with E-state index in [1.807, 2.05) is 0 Å². The summed E-state index contributed by atoms with van der Waals surface area (Å²) in [5.74, 6) is -2.07. The third kappa shape index (κ3) is 5.38. The molecule has 1 aliphatic carbocycles. The summed E-state index contributed by atoms with van der Waals surface area (Å²) in [6, 6.07) is 12.8. The smallest absolute Gasteiger partial charge is 0.338 e. The Balaban J connectivity index is 1.47. The number of anilines is 2. The van der Waals surface area contributed by atoms with Gasteiger partial charge in [-0.3, -0.25) is 14.4 Å². The van der Waals surface area contributed by atoms with E-state index in [4.69, 9.17) is 16.3 Å². The van der Waals surface area contributed by atoms with Gasteiger partial charge in [0.15, 0.2) is 0 Å². The summed E-state index contributed by atoms with van der Waals surface area (Å²) in [5.41, 5.74) is 1.32. The summed E-state index contributed by atoms with van der Waals surface area (Å²) in [5, 5.41) is 5.64. The number of amides is 3. The van der Waals surface area contributed by atoms with Gasteiger partial charge in [0.25, 0.3) is 17.7 Å². The molecule has 1 saturated carbocycles. The van der Waals surface area contributed by atoms with Crippen molar-refractivity contribution in [3.8, 4) is 0 Å². The van der Waals surface area contributed by atoms with E-state index in [1.165, 1.54) is 18.2 Å². The number of hydrogen-bond donors (Lipinski definition) is 2. The lowest BCUT2D eigenvalue weighted by Crippen LogP contribution is -2.32. The number of imide groups is 1. The molecule has 0 bridgehead atoms. The zero-order chi connectivity index (χ0) is 25.1. The second kappa shape index (κ2) is 10.3. The summed E-state index contributed by atoms with van der Waals surface area (Å²) >= 11 is 6.22. The van der Waals surface area contributed by atoms with E-state index in [2.05, 4.69) is 10.6 Å². The van der Waals surface area contributed by atoms with Crippen LogP contribution in [0.1, 0.15) is 60.2 Å².